The molecule has 94 valence electrons. The first-order valence-corrected chi connectivity index (χ1v) is 6.62. The molecule has 0 amide bonds. The fraction of sp³-hybridized carbons (Fsp3) is 0.200. The van der Waals surface area contributed by atoms with Crippen LogP contribution in [0.2, 0.25) is 0 Å². The van der Waals surface area contributed by atoms with E-state index in [0.29, 0.717) is 0 Å². The number of aliphatic hydroxyl groups excluding tert-OH is 1. The van der Waals surface area contributed by atoms with Gasteiger partial charge in [-0.3, -0.25) is 0 Å². The van der Waals surface area contributed by atoms with Crippen LogP contribution in [0.3, 0.4) is 0 Å². The molecule has 1 N–H and O–H groups in total. The number of hydrogen-bond acceptors (Lipinski definition) is 3. The minimum Gasteiger partial charge on any atom is -0.496 e. The fourth-order valence-electron chi connectivity index (χ4n) is 1.82. The molecule has 0 aliphatic carbocycles. The summed E-state index contributed by atoms with van der Waals surface area (Å²) in [5, 5.41) is 9.90. The Morgan fingerprint density at radius 2 is 1.78 bits per heavy atom. The highest BCUT2D eigenvalue weighted by molar-refractivity contribution is 7.99. The Morgan fingerprint density at radius 3 is 2.39 bits per heavy atom. The normalized spacial score (nSPS) is 12.2. The quantitative estimate of drug-likeness (QED) is 0.904. The molecule has 0 spiro atoms. The van der Waals surface area contributed by atoms with Gasteiger partial charge in [-0.15, -0.1) is 0 Å². The van der Waals surface area contributed by atoms with Gasteiger partial charge in [0.05, 0.1) is 13.2 Å². The number of hydrogen-bond donors (Lipinski definition) is 1. The molecule has 0 fully saturated rings. The summed E-state index contributed by atoms with van der Waals surface area (Å²) < 4.78 is 5.31. The Kier molecular flexibility index (Phi) is 4.28. The van der Waals surface area contributed by atoms with E-state index in [9.17, 15) is 5.11 Å². The second-order valence-electron chi connectivity index (χ2n) is 3.96. The third-order valence-electron chi connectivity index (χ3n) is 2.63. The molecule has 2 nitrogen and oxygen atoms in total. The van der Waals surface area contributed by atoms with E-state index in [1.165, 1.54) is 0 Å². The summed E-state index contributed by atoms with van der Waals surface area (Å²) in [6.07, 6.45) is -0.549. The zero-order valence-corrected chi connectivity index (χ0v) is 11.3. The Morgan fingerprint density at radius 1 is 1.06 bits per heavy atom. The van der Waals surface area contributed by atoms with Crippen LogP contribution in [0.4, 0.5) is 0 Å². The predicted molar refractivity (Wildman–Crippen MR) is 74.2 cm³/mol. The van der Waals surface area contributed by atoms with Gasteiger partial charge in [0.25, 0.3) is 0 Å². The van der Waals surface area contributed by atoms with Crippen LogP contribution in [-0.2, 0) is 0 Å². The number of benzene rings is 2. The first-order valence-electron chi connectivity index (χ1n) is 5.80. The minimum atomic E-state index is -0.549. The Labute approximate surface area is 112 Å². The molecule has 0 saturated heterocycles. The molecule has 2 aromatic carbocycles. The monoisotopic (exact) mass is 260 g/mol. The summed E-state index contributed by atoms with van der Waals surface area (Å²) in [4.78, 5) is 2.17. The molecule has 2 rings (SSSR count). The van der Waals surface area contributed by atoms with E-state index in [1.54, 1.807) is 25.8 Å². The highest BCUT2D eigenvalue weighted by Crippen LogP contribution is 2.38. The highest BCUT2D eigenvalue weighted by atomic mass is 32.2. The van der Waals surface area contributed by atoms with Crippen molar-refractivity contribution in [1.29, 1.82) is 0 Å². The Bertz CT molecular complexity index is 509. The predicted octanol–water partition coefficient (Wildman–Crippen LogP) is 3.90. The van der Waals surface area contributed by atoms with Gasteiger partial charge in [-0.2, -0.15) is 0 Å². The molecule has 2 aromatic rings. The van der Waals surface area contributed by atoms with E-state index in [1.807, 2.05) is 36.4 Å². The van der Waals surface area contributed by atoms with Gasteiger partial charge in [-0.05, 0) is 31.2 Å². The number of methoxy groups -OCH3 is 1. The molecule has 1 atom stereocenters. The average Bonchev–Trinajstić information content (AvgIpc) is 2.39. The largest absolute Gasteiger partial charge is 0.496 e. The van der Waals surface area contributed by atoms with Crippen molar-refractivity contribution in [2.75, 3.05) is 7.11 Å². The maximum Gasteiger partial charge on any atom is 0.125 e. The van der Waals surface area contributed by atoms with Gasteiger partial charge in [0.1, 0.15) is 5.75 Å². The van der Waals surface area contributed by atoms with E-state index >= 15 is 0 Å². The lowest BCUT2D eigenvalue weighted by molar-refractivity contribution is 0.191. The lowest BCUT2D eigenvalue weighted by Crippen LogP contribution is -1.98. The minimum absolute atomic E-state index is 0.549. The smallest absolute Gasteiger partial charge is 0.125 e. The third-order valence-corrected chi connectivity index (χ3v) is 3.72. The number of ether oxygens (including phenoxy) is 1. The molecule has 18 heavy (non-hydrogen) atoms. The molecule has 0 aliphatic heterocycles. The SMILES string of the molecule is COc1cccc(Sc2ccccc2)c1[C@@H](C)O. The van der Waals surface area contributed by atoms with Crippen molar-refractivity contribution in [1.82, 2.24) is 0 Å². The van der Waals surface area contributed by atoms with Gasteiger partial charge in [-0.1, -0.05) is 36.0 Å². The van der Waals surface area contributed by atoms with Gasteiger partial charge in [0.2, 0.25) is 0 Å². The molecule has 0 saturated carbocycles. The highest BCUT2D eigenvalue weighted by Gasteiger charge is 2.14. The van der Waals surface area contributed by atoms with Crippen LogP contribution in [0.15, 0.2) is 58.3 Å². The molecule has 0 heterocycles. The topological polar surface area (TPSA) is 29.5 Å². The summed E-state index contributed by atoms with van der Waals surface area (Å²) in [7, 11) is 1.62. The third kappa shape index (κ3) is 2.86. The van der Waals surface area contributed by atoms with E-state index in [4.69, 9.17) is 4.74 Å². The number of aliphatic hydroxyl groups is 1. The molecule has 0 aromatic heterocycles. The maximum absolute atomic E-state index is 9.90. The average molecular weight is 260 g/mol. The Hall–Kier alpha value is -1.45. The molecule has 0 bridgehead atoms. The van der Waals surface area contributed by atoms with Crippen LogP contribution in [0.5, 0.6) is 5.75 Å². The van der Waals surface area contributed by atoms with Crippen molar-refractivity contribution in [2.24, 2.45) is 0 Å². The van der Waals surface area contributed by atoms with E-state index in [0.717, 1.165) is 21.1 Å². The molecule has 0 unspecified atom stereocenters. The summed E-state index contributed by atoms with van der Waals surface area (Å²) in [5.74, 6) is 0.728. The van der Waals surface area contributed by atoms with E-state index in [-0.39, 0.29) is 0 Å². The van der Waals surface area contributed by atoms with Crippen LogP contribution < -0.4 is 4.74 Å². The molecule has 3 heteroatoms. The molecule has 0 radical (unpaired) electrons. The second-order valence-corrected chi connectivity index (χ2v) is 5.08. The van der Waals surface area contributed by atoms with Gasteiger partial charge in [-0.25, -0.2) is 0 Å². The Balaban J connectivity index is 2.38. The first-order chi connectivity index (χ1) is 8.72. The van der Waals surface area contributed by atoms with Crippen LogP contribution in [-0.4, -0.2) is 12.2 Å². The van der Waals surface area contributed by atoms with Crippen LogP contribution in [0, 0.1) is 0 Å². The maximum atomic E-state index is 9.90. The van der Waals surface area contributed by atoms with Crippen LogP contribution in [0.1, 0.15) is 18.6 Å². The van der Waals surface area contributed by atoms with Crippen molar-refractivity contribution in [2.45, 2.75) is 22.8 Å². The van der Waals surface area contributed by atoms with Crippen molar-refractivity contribution >= 4 is 11.8 Å². The fourth-order valence-corrected chi connectivity index (χ4v) is 2.89. The van der Waals surface area contributed by atoms with Gasteiger partial charge in [0, 0.05) is 15.4 Å². The van der Waals surface area contributed by atoms with Gasteiger partial charge >= 0.3 is 0 Å². The molecule has 0 aliphatic rings. The zero-order valence-electron chi connectivity index (χ0n) is 10.5. The van der Waals surface area contributed by atoms with Crippen molar-refractivity contribution in [3.63, 3.8) is 0 Å². The lowest BCUT2D eigenvalue weighted by atomic mass is 10.1. The second kappa shape index (κ2) is 5.94. The lowest BCUT2D eigenvalue weighted by Gasteiger charge is -2.15. The molecular formula is C15H16O2S. The molecular weight excluding hydrogens is 244 g/mol. The number of rotatable bonds is 4. The van der Waals surface area contributed by atoms with Crippen LogP contribution in [0.25, 0.3) is 0 Å². The standard InChI is InChI=1S/C15H16O2S/c1-11(16)15-13(17-2)9-6-10-14(15)18-12-7-4-3-5-8-12/h3-11,16H,1-2H3/t11-/m1/s1. The van der Waals surface area contributed by atoms with Crippen molar-refractivity contribution < 1.29 is 9.84 Å². The van der Waals surface area contributed by atoms with Gasteiger partial charge in [0.15, 0.2) is 0 Å². The summed E-state index contributed by atoms with van der Waals surface area (Å²) in [5.41, 5.74) is 0.842. The van der Waals surface area contributed by atoms with Crippen molar-refractivity contribution in [3.05, 3.63) is 54.1 Å². The van der Waals surface area contributed by atoms with E-state index < -0.39 is 6.10 Å². The van der Waals surface area contributed by atoms with Crippen LogP contribution >= 0.6 is 11.8 Å². The first kappa shape index (κ1) is 13.0. The summed E-state index contributed by atoms with van der Waals surface area (Å²) in [6, 6.07) is 15.9. The van der Waals surface area contributed by atoms with E-state index in [2.05, 4.69) is 12.1 Å². The van der Waals surface area contributed by atoms with Crippen molar-refractivity contribution in [3.8, 4) is 5.75 Å². The van der Waals surface area contributed by atoms with Gasteiger partial charge < -0.3 is 9.84 Å². The zero-order chi connectivity index (χ0) is 13.0. The summed E-state index contributed by atoms with van der Waals surface area (Å²) >= 11 is 1.63. The summed E-state index contributed by atoms with van der Waals surface area (Å²) in [6.45, 7) is 1.76.